The van der Waals surface area contributed by atoms with Crippen LogP contribution in [0.3, 0.4) is 0 Å². The molecule has 196 valence electrons. The van der Waals surface area contributed by atoms with Crippen molar-refractivity contribution in [2.75, 3.05) is 13.2 Å². The SMILES string of the molecule is C=C(C)C(=O)OCCCCCCCCCCCC.C=CCOC(=O)C(=C)C.C=Cc1ccccc1. The Morgan fingerprint density at radius 2 is 1.20 bits per heavy atom. The molecule has 0 N–H and O–H groups in total. The zero-order valence-corrected chi connectivity index (χ0v) is 22.5. The van der Waals surface area contributed by atoms with Crippen LogP contribution >= 0.6 is 0 Å². The lowest BCUT2D eigenvalue weighted by molar-refractivity contribution is -0.139. The molecule has 1 aromatic rings. The molecule has 1 rings (SSSR count). The zero-order chi connectivity index (χ0) is 26.7. The molecule has 0 fully saturated rings. The molecule has 0 aromatic heterocycles. The number of hydrogen-bond acceptors (Lipinski definition) is 4. The molecule has 0 radical (unpaired) electrons. The number of carbonyl (C=O) groups excluding carboxylic acids is 2. The molecule has 1 aromatic carbocycles. The van der Waals surface area contributed by atoms with E-state index < -0.39 is 0 Å². The van der Waals surface area contributed by atoms with E-state index in [0.717, 1.165) is 6.42 Å². The van der Waals surface area contributed by atoms with Gasteiger partial charge in [0.1, 0.15) is 6.61 Å². The normalized spacial score (nSPS) is 9.34. The van der Waals surface area contributed by atoms with Gasteiger partial charge in [0.2, 0.25) is 0 Å². The van der Waals surface area contributed by atoms with Gasteiger partial charge in [-0.2, -0.15) is 0 Å². The quantitative estimate of drug-likeness (QED) is 0.102. The van der Waals surface area contributed by atoms with Crippen molar-refractivity contribution in [3.8, 4) is 0 Å². The zero-order valence-electron chi connectivity index (χ0n) is 22.5. The summed E-state index contributed by atoms with van der Waals surface area (Å²) >= 11 is 0. The van der Waals surface area contributed by atoms with Crippen molar-refractivity contribution >= 4 is 18.0 Å². The molecule has 0 bridgehead atoms. The van der Waals surface area contributed by atoms with Crippen molar-refractivity contribution in [1.82, 2.24) is 0 Å². The Kier molecular flexibility index (Phi) is 25.2. The molecule has 0 aliphatic carbocycles. The fourth-order valence-electron chi connectivity index (χ4n) is 2.72. The fourth-order valence-corrected chi connectivity index (χ4v) is 2.72. The Bertz CT molecular complexity index is 719. The summed E-state index contributed by atoms with van der Waals surface area (Å²) in [7, 11) is 0. The number of benzene rings is 1. The summed E-state index contributed by atoms with van der Waals surface area (Å²) in [6, 6.07) is 10.0. The van der Waals surface area contributed by atoms with Crippen LogP contribution in [0.5, 0.6) is 0 Å². The largest absolute Gasteiger partial charge is 0.462 e. The van der Waals surface area contributed by atoms with Crippen molar-refractivity contribution in [2.45, 2.75) is 85.0 Å². The second-order valence-corrected chi connectivity index (χ2v) is 8.38. The van der Waals surface area contributed by atoms with Crippen molar-refractivity contribution in [3.05, 3.63) is 79.4 Å². The van der Waals surface area contributed by atoms with Gasteiger partial charge in [0.05, 0.1) is 6.61 Å². The van der Waals surface area contributed by atoms with Crippen molar-refractivity contribution in [2.24, 2.45) is 0 Å². The second kappa shape index (κ2) is 25.7. The van der Waals surface area contributed by atoms with Crippen LogP contribution in [0.2, 0.25) is 0 Å². The first-order valence-electron chi connectivity index (χ1n) is 12.7. The van der Waals surface area contributed by atoms with Gasteiger partial charge in [-0.05, 0) is 25.8 Å². The third-order valence-corrected chi connectivity index (χ3v) is 4.80. The molecule has 0 atom stereocenters. The predicted octanol–water partition coefficient (Wildman–Crippen LogP) is 8.65. The maximum absolute atomic E-state index is 11.1. The molecular weight excluding hydrogens is 436 g/mol. The number of carbonyl (C=O) groups is 2. The van der Waals surface area contributed by atoms with Crippen molar-refractivity contribution in [1.29, 1.82) is 0 Å². The average molecular weight is 485 g/mol. The number of hydrogen-bond donors (Lipinski definition) is 0. The molecular formula is C31H48O4. The first-order chi connectivity index (χ1) is 16.8. The van der Waals surface area contributed by atoms with Crippen LogP contribution in [0.4, 0.5) is 0 Å². The molecule has 0 aliphatic heterocycles. The number of rotatable bonds is 16. The highest BCUT2D eigenvalue weighted by Crippen LogP contribution is 2.10. The Hall–Kier alpha value is -2.88. The summed E-state index contributed by atoms with van der Waals surface area (Å²) in [4.78, 5) is 21.6. The lowest BCUT2D eigenvalue weighted by atomic mass is 10.1. The van der Waals surface area contributed by atoms with E-state index in [9.17, 15) is 9.59 Å². The van der Waals surface area contributed by atoms with E-state index >= 15 is 0 Å². The van der Waals surface area contributed by atoms with Crippen molar-refractivity contribution < 1.29 is 19.1 Å². The molecule has 0 unspecified atom stereocenters. The van der Waals surface area contributed by atoms with E-state index in [1.54, 1.807) is 13.8 Å². The van der Waals surface area contributed by atoms with Crippen LogP contribution < -0.4 is 0 Å². The van der Waals surface area contributed by atoms with Gasteiger partial charge in [-0.1, -0.05) is 134 Å². The molecule has 0 spiro atoms. The number of unbranched alkanes of at least 4 members (excludes halogenated alkanes) is 9. The highest BCUT2D eigenvalue weighted by molar-refractivity contribution is 5.87. The molecule has 0 heterocycles. The fraction of sp³-hybridized carbons (Fsp3) is 0.484. The van der Waals surface area contributed by atoms with Gasteiger partial charge in [0.25, 0.3) is 0 Å². The summed E-state index contributed by atoms with van der Waals surface area (Å²) in [5.41, 5.74) is 2.08. The highest BCUT2D eigenvalue weighted by Gasteiger charge is 2.01. The smallest absolute Gasteiger partial charge is 0.333 e. The highest BCUT2D eigenvalue weighted by atomic mass is 16.5. The van der Waals surface area contributed by atoms with Crippen LogP contribution in [0, 0.1) is 0 Å². The first kappa shape index (κ1) is 34.3. The van der Waals surface area contributed by atoms with E-state index in [0.29, 0.717) is 17.8 Å². The Morgan fingerprint density at radius 3 is 1.60 bits per heavy atom. The minimum atomic E-state index is -0.366. The van der Waals surface area contributed by atoms with Crippen LogP contribution in [-0.2, 0) is 19.1 Å². The topological polar surface area (TPSA) is 52.6 Å². The third kappa shape index (κ3) is 25.6. The number of ether oxygens (including phenoxy) is 2. The van der Waals surface area contributed by atoms with E-state index in [-0.39, 0.29) is 18.5 Å². The number of esters is 2. The van der Waals surface area contributed by atoms with Crippen LogP contribution in [0.1, 0.15) is 90.5 Å². The molecule has 4 nitrogen and oxygen atoms in total. The maximum atomic E-state index is 11.1. The lowest BCUT2D eigenvalue weighted by Crippen LogP contribution is -2.05. The minimum Gasteiger partial charge on any atom is -0.462 e. The molecule has 0 saturated carbocycles. The maximum Gasteiger partial charge on any atom is 0.333 e. The van der Waals surface area contributed by atoms with Gasteiger partial charge in [-0.15, -0.1) is 0 Å². The van der Waals surface area contributed by atoms with E-state index in [1.165, 1.54) is 69.4 Å². The van der Waals surface area contributed by atoms with Gasteiger partial charge in [-0.25, -0.2) is 9.59 Å². The predicted molar refractivity (Wildman–Crippen MR) is 150 cm³/mol. The Labute approximate surface area is 214 Å². The lowest BCUT2D eigenvalue weighted by Gasteiger charge is -2.04. The van der Waals surface area contributed by atoms with Gasteiger partial charge >= 0.3 is 11.9 Å². The molecule has 0 aliphatic rings. The molecule has 35 heavy (non-hydrogen) atoms. The van der Waals surface area contributed by atoms with E-state index in [1.807, 2.05) is 36.4 Å². The summed E-state index contributed by atoms with van der Waals surface area (Å²) in [6.45, 7) is 20.3. The van der Waals surface area contributed by atoms with E-state index in [4.69, 9.17) is 4.74 Å². The molecule has 0 amide bonds. The van der Waals surface area contributed by atoms with Crippen LogP contribution in [0.25, 0.3) is 6.08 Å². The van der Waals surface area contributed by atoms with Crippen LogP contribution in [-0.4, -0.2) is 25.2 Å². The van der Waals surface area contributed by atoms with Gasteiger partial charge in [0, 0.05) is 11.1 Å². The summed E-state index contributed by atoms with van der Waals surface area (Å²) in [6.07, 6.45) is 16.3. The van der Waals surface area contributed by atoms with Crippen LogP contribution in [0.15, 0.2) is 73.9 Å². The standard InChI is InChI=1S/C16H30O2.C8H8.C7H10O2/c1-4-5-6-7-8-9-10-11-12-13-14-18-16(17)15(2)3;1-2-8-6-4-3-5-7-8;1-4-5-9-7(8)6(2)3/h2,4-14H2,1,3H3;2-7H,1H2;4H,1-2,5H2,3H3. The van der Waals surface area contributed by atoms with E-state index in [2.05, 4.69) is 38.0 Å². The van der Waals surface area contributed by atoms with Gasteiger partial charge < -0.3 is 9.47 Å². The van der Waals surface area contributed by atoms with Gasteiger partial charge in [0.15, 0.2) is 0 Å². The monoisotopic (exact) mass is 484 g/mol. The Morgan fingerprint density at radius 1 is 0.743 bits per heavy atom. The van der Waals surface area contributed by atoms with Gasteiger partial charge in [-0.3, -0.25) is 0 Å². The second-order valence-electron chi connectivity index (χ2n) is 8.38. The molecule has 4 heteroatoms. The molecule has 0 saturated heterocycles. The third-order valence-electron chi connectivity index (χ3n) is 4.80. The summed E-state index contributed by atoms with van der Waals surface area (Å²) in [5.74, 6) is -0.624. The summed E-state index contributed by atoms with van der Waals surface area (Å²) < 4.78 is 9.63. The summed E-state index contributed by atoms with van der Waals surface area (Å²) in [5, 5.41) is 0. The minimum absolute atomic E-state index is 0.256. The first-order valence-corrected chi connectivity index (χ1v) is 12.7. The van der Waals surface area contributed by atoms with Crippen molar-refractivity contribution in [3.63, 3.8) is 0 Å². The average Bonchev–Trinajstić information content (AvgIpc) is 2.86. The Balaban J connectivity index is 0.